The summed E-state index contributed by atoms with van der Waals surface area (Å²) in [4.78, 5) is 2.45. The Bertz CT molecular complexity index is 409. The van der Waals surface area contributed by atoms with Gasteiger partial charge in [0.2, 0.25) is 0 Å². The van der Waals surface area contributed by atoms with Crippen LogP contribution in [0.5, 0.6) is 0 Å². The minimum Gasteiger partial charge on any atom is -0.390 e. The lowest BCUT2D eigenvalue weighted by molar-refractivity contribution is -0.105. The molecule has 1 fully saturated rings. The van der Waals surface area contributed by atoms with Crippen molar-refractivity contribution in [3.63, 3.8) is 0 Å². The normalized spacial score (nSPS) is 28.5. The van der Waals surface area contributed by atoms with Gasteiger partial charge < -0.3 is 10.0 Å². The summed E-state index contributed by atoms with van der Waals surface area (Å²) in [6.07, 6.45) is 5.90. The fraction of sp³-hybridized carbons (Fsp3) is 0.786. The minimum absolute atomic E-state index is 0.0415. The predicted octanol–water partition coefficient (Wildman–Crippen LogP) is 1.45. The van der Waals surface area contributed by atoms with Crippen molar-refractivity contribution < 1.29 is 5.11 Å². The Morgan fingerprint density at radius 2 is 2.11 bits per heavy atom. The molecule has 1 saturated heterocycles. The van der Waals surface area contributed by atoms with Gasteiger partial charge in [-0.05, 0) is 25.3 Å². The Hall–Kier alpha value is -0.870. The molecule has 0 amide bonds. The Balaban J connectivity index is 1.89. The number of rotatable bonds is 3. The summed E-state index contributed by atoms with van der Waals surface area (Å²) in [5, 5.41) is 14.6. The standard InChI is InChI=1S/C14H25N3O/c1-13(2)11-17(8-6-14(13,3)18)7-5-12-9-15-16(4)10-12/h9-10,18H,5-8,11H2,1-4H3/t14-/m1/s1. The molecule has 4 nitrogen and oxygen atoms in total. The van der Waals surface area contributed by atoms with Crippen LogP contribution in [0.25, 0.3) is 0 Å². The number of likely N-dealkylation sites (tertiary alicyclic amines) is 1. The topological polar surface area (TPSA) is 41.3 Å². The van der Waals surface area contributed by atoms with Crippen molar-refractivity contribution in [3.05, 3.63) is 18.0 Å². The number of hydrogen-bond acceptors (Lipinski definition) is 3. The lowest BCUT2D eigenvalue weighted by Crippen LogP contribution is -2.55. The molecule has 2 rings (SSSR count). The molecule has 0 aliphatic carbocycles. The molecule has 0 unspecified atom stereocenters. The summed E-state index contributed by atoms with van der Waals surface area (Å²) in [6.45, 7) is 9.26. The second-order valence-electron chi connectivity index (χ2n) is 6.46. The predicted molar refractivity (Wildman–Crippen MR) is 72.4 cm³/mol. The van der Waals surface area contributed by atoms with E-state index in [9.17, 15) is 5.11 Å². The summed E-state index contributed by atoms with van der Waals surface area (Å²) in [5.74, 6) is 0. The van der Waals surface area contributed by atoms with E-state index in [4.69, 9.17) is 0 Å². The SMILES string of the molecule is Cn1cc(CCN2CC[C@@](C)(O)C(C)(C)C2)cn1. The summed E-state index contributed by atoms with van der Waals surface area (Å²) in [7, 11) is 1.95. The first kappa shape index (κ1) is 13.6. The Morgan fingerprint density at radius 3 is 2.67 bits per heavy atom. The molecule has 0 aromatic carbocycles. The zero-order chi connectivity index (χ0) is 13.4. The maximum atomic E-state index is 10.4. The summed E-state index contributed by atoms with van der Waals surface area (Å²) in [6, 6.07) is 0. The van der Waals surface area contributed by atoms with Gasteiger partial charge in [-0.25, -0.2) is 0 Å². The zero-order valence-corrected chi connectivity index (χ0v) is 12.0. The molecule has 1 aromatic heterocycles. The number of aromatic nitrogens is 2. The van der Waals surface area contributed by atoms with E-state index in [-0.39, 0.29) is 5.41 Å². The van der Waals surface area contributed by atoms with Crippen molar-refractivity contribution in [1.29, 1.82) is 0 Å². The molecule has 1 aliphatic rings. The van der Waals surface area contributed by atoms with Crippen LogP contribution in [0, 0.1) is 5.41 Å². The van der Waals surface area contributed by atoms with Crippen LogP contribution in [0.1, 0.15) is 32.8 Å². The van der Waals surface area contributed by atoms with E-state index >= 15 is 0 Å². The van der Waals surface area contributed by atoms with Gasteiger partial charge in [0, 0.05) is 38.3 Å². The van der Waals surface area contributed by atoms with Crippen molar-refractivity contribution in [2.24, 2.45) is 12.5 Å². The van der Waals surface area contributed by atoms with E-state index < -0.39 is 5.60 Å². The molecule has 18 heavy (non-hydrogen) atoms. The van der Waals surface area contributed by atoms with Crippen LogP contribution < -0.4 is 0 Å². The van der Waals surface area contributed by atoms with E-state index in [0.29, 0.717) is 0 Å². The first-order valence-corrected chi connectivity index (χ1v) is 6.72. The van der Waals surface area contributed by atoms with E-state index in [2.05, 4.69) is 30.0 Å². The van der Waals surface area contributed by atoms with Gasteiger partial charge in [-0.2, -0.15) is 5.10 Å². The molecule has 102 valence electrons. The lowest BCUT2D eigenvalue weighted by Gasteiger charge is -2.48. The van der Waals surface area contributed by atoms with Gasteiger partial charge in [0.05, 0.1) is 11.8 Å². The molecular weight excluding hydrogens is 226 g/mol. The van der Waals surface area contributed by atoms with Crippen LogP contribution in [0.2, 0.25) is 0 Å². The summed E-state index contributed by atoms with van der Waals surface area (Å²) >= 11 is 0. The van der Waals surface area contributed by atoms with E-state index in [1.165, 1.54) is 5.56 Å². The van der Waals surface area contributed by atoms with E-state index in [0.717, 1.165) is 32.5 Å². The molecule has 0 bridgehead atoms. The van der Waals surface area contributed by atoms with Crippen molar-refractivity contribution in [2.45, 2.75) is 39.2 Å². The third-order valence-electron chi connectivity index (χ3n) is 4.47. The van der Waals surface area contributed by atoms with Crippen molar-refractivity contribution in [3.8, 4) is 0 Å². The van der Waals surface area contributed by atoms with Gasteiger partial charge in [-0.3, -0.25) is 4.68 Å². The fourth-order valence-electron chi connectivity index (χ4n) is 2.60. The lowest BCUT2D eigenvalue weighted by atomic mass is 9.71. The van der Waals surface area contributed by atoms with Gasteiger partial charge in [0.25, 0.3) is 0 Å². The first-order valence-electron chi connectivity index (χ1n) is 6.72. The van der Waals surface area contributed by atoms with E-state index in [1.54, 1.807) is 0 Å². The second kappa shape index (κ2) is 4.67. The average Bonchev–Trinajstić information content (AvgIpc) is 2.66. The van der Waals surface area contributed by atoms with E-state index in [1.807, 2.05) is 24.9 Å². The molecular formula is C14H25N3O. The van der Waals surface area contributed by atoms with Crippen LogP contribution in [0.3, 0.4) is 0 Å². The number of piperidine rings is 1. The maximum Gasteiger partial charge on any atom is 0.0694 e. The number of nitrogens with zero attached hydrogens (tertiary/aromatic N) is 3. The maximum absolute atomic E-state index is 10.4. The number of aryl methyl sites for hydroxylation is 1. The van der Waals surface area contributed by atoms with Crippen molar-refractivity contribution in [2.75, 3.05) is 19.6 Å². The Kier molecular flexibility index (Phi) is 3.52. The van der Waals surface area contributed by atoms with Gasteiger partial charge in [-0.15, -0.1) is 0 Å². The zero-order valence-electron chi connectivity index (χ0n) is 12.0. The highest BCUT2D eigenvalue weighted by Crippen LogP contribution is 2.37. The largest absolute Gasteiger partial charge is 0.390 e. The summed E-state index contributed by atoms with van der Waals surface area (Å²) in [5.41, 5.74) is 0.700. The highest BCUT2D eigenvalue weighted by molar-refractivity contribution is 5.05. The fourth-order valence-corrected chi connectivity index (χ4v) is 2.60. The molecule has 0 radical (unpaired) electrons. The highest BCUT2D eigenvalue weighted by atomic mass is 16.3. The van der Waals surface area contributed by atoms with Crippen LogP contribution in [0.4, 0.5) is 0 Å². The molecule has 1 atom stereocenters. The monoisotopic (exact) mass is 251 g/mol. The molecule has 2 heterocycles. The number of hydrogen-bond donors (Lipinski definition) is 1. The molecule has 0 saturated carbocycles. The van der Waals surface area contributed by atoms with Crippen LogP contribution >= 0.6 is 0 Å². The van der Waals surface area contributed by atoms with Gasteiger partial charge in [-0.1, -0.05) is 13.8 Å². The van der Waals surface area contributed by atoms with Crippen molar-refractivity contribution in [1.82, 2.24) is 14.7 Å². The molecule has 1 N–H and O–H groups in total. The smallest absolute Gasteiger partial charge is 0.0694 e. The van der Waals surface area contributed by atoms with Crippen LogP contribution in [-0.2, 0) is 13.5 Å². The Morgan fingerprint density at radius 1 is 1.39 bits per heavy atom. The Labute approximate surface area is 110 Å². The van der Waals surface area contributed by atoms with Crippen LogP contribution in [-0.4, -0.2) is 45.0 Å². The first-order chi connectivity index (χ1) is 8.30. The second-order valence-corrected chi connectivity index (χ2v) is 6.46. The highest BCUT2D eigenvalue weighted by Gasteiger charge is 2.43. The third kappa shape index (κ3) is 2.75. The minimum atomic E-state index is -0.544. The number of aliphatic hydroxyl groups is 1. The molecule has 4 heteroatoms. The van der Waals surface area contributed by atoms with Crippen LogP contribution in [0.15, 0.2) is 12.4 Å². The average molecular weight is 251 g/mol. The third-order valence-corrected chi connectivity index (χ3v) is 4.47. The van der Waals surface area contributed by atoms with Crippen molar-refractivity contribution >= 4 is 0 Å². The quantitative estimate of drug-likeness (QED) is 0.884. The van der Waals surface area contributed by atoms with Gasteiger partial charge in [0.15, 0.2) is 0 Å². The molecule has 0 spiro atoms. The molecule has 1 aliphatic heterocycles. The van der Waals surface area contributed by atoms with Gasteiger partial charge in [0.1, 0.15) is 0 Å². The van der Waals surface area contributed by atoms with Gasteiger partial charge >= 0.3 is 0 Å². The summed E-state index contributed by atoms with van der Waals surface area (Å²) < 4.78 is 1.85. The molecule has 1 aromatic rings.